The summed E-state index contributed by atoms with van der Waals surface area (Å²) < 4.78 is 5.17. The molecule has 0 spiro atoms. The number of nitriles is 1. The lowest BCUT2D eigenvalue weighted by Crippen LogP contribution is -2.25. The molecule has 1 heterocycles. The highest BCUT2D eigenvalue weighted by Gasteiger charge is 2.46. The van der Waals surface area contributed by atoms with Crippen LogP contribution in [0.3, 0.4) is 0 Å². The van der Waals surface area contributed by atoms with Crippen LogP contribution in [-0.2, 0) is 10.2 Å². The standard InChI is InChI=1S/C15H15N5O2/c1-10-6-11(2-3-13(10)15(9-16)4-5-15)20-8-12(7-18-19-17)22-14(20)21/h2-3,6,12H,4-5,7-8H2,1H3/t12-/m0/s1. The highest BCUT2D eigenvalue weighted by molar-refractivity contribution is 5.90. The van der Waals surface area contributed by atoms with Crippen LogP contribution in [0.4, 0.5) is 10.5 Å². The third kappa shape index (κ3) is 2.34. The molecule has 1 saturated carbocycles. The minimum atomic E-state index is -0.438. The molecule has 1 aromatic carbocycles. The number of nitrogens with zero attached hydrogens (tertiary/aromatic N) is 5. The van der Waals surface area contributed by atoms with E-state index < -0.39 is 12.2 Å². The smallest absolute Gasteiger partial charge is 0.414 e. The predicted molar refractivity (Wildman–Crippen MR) is 79.3 cm³/mol. The molecular formula is C15H15N5O2. The molecule has 112 valence electrons. The Kier molecular flexibility index (Phi) is 3.39. The van der Waals surface area contributed by atoms with Crippen molar-refractivity contribution in [1.29, 1.82) is 5.26 Å². The maximum atomic E-state index is 11.9. The molecule has 1 aliphatic carbocycles. The summed E-state index contributed by atoms with van der Waals surface area (Å²) >= 11 is 0. The number of hydrogen-bond donors (Lipinski definition) is 0. The lowest BCUT2D eigenvalue weighted by Gasteiger charge is -2.17. The van der Waals surface area contributed by atoms with Crippen molar-refractivity contribution in [3.05, 3.63) is 39.8 Å². The van der Waals surface area contributed by atoms with Crippen LogP contribution in [0.15, 0.2) is 23.3 Å². The summed E-state index contributed by atoms with van der Waals surface area (Å²) in [6.45, 7) is 2.45. The first kappa shape index (κ1) is 14.2. The van der Waals surface area contributed by atoms with Crippen LogP contribution in [0, 0.1) is 18.3 Å². The quantitative estimate of drug-likeness (QED) is 0.484. The van der Waals surface area contributed by atoms with Gasteiger partial charge >= 0.3 is 6.09 Å². The number of carbonyl (C=O) groups is 1. The van der Waals surface area contributed by atoms with Gasteiger partial charge in [-0.1, -0.05) is 11.2 Å². The average molecular weight is 297 g/mol. The van der Waals surface area contributed by atoms with E-state index in [-0.39, 0.29) is 12.0 Å². The summed E-state index contributed by atoms with van der Waals surface area (Å²) in [5.74, 6) is 0. The van der Waals surface area contributed by atoms with Crippen LogP contribution >= 0.6 is 0 Å². The van der Waals surface area contributed by atoms with Gasteiger partial charge in [-0.15, -0.1) is 0 Å². The second-order valence-corrected chi connectivity index (χ2v) is 5.72. The Morgan fingerprint density at radius 1 is 1.59 bits per heavy atom. The van der Waals surface area contributed by atoms with Crippen molar-refractivity contribution in [1.82, 2.24) is 0 Å². The summed E-state index contributed by atoms with van der Waals surface area (Å²) in [6.07, 6.45) is 0.928. The molecule has 0 bridgehead atoms. The number of anilines is 1. The minimum Gasteiger partial charge on any atom is -0.444 e. The second kappa shape index (κ2) is 5.24. The molecular weight excluding hydrogens is 282 g/mol. The van der Waals surface area contributed by atoms with Crippen LogP contribution in [-0.4, -0.2) is 25.3 Å². The maximum Gasteiger partial charge on any atom is 0.414 e. The summed E-state index contributed by atoms with van der Waals surface area (Å²) in [5.41, 5.74) is 10.8. The Balaban J connectivity index is 1.81. The van der Waals surface area contributed by atoms with Crippen molar-refractivity contribution in [2.24, 2.45) is 5.11 Å². The molecule has 2 fully saturated rings. The molecule has 3 rings (SSSR count). The summed E-state index contributed by atoms with van der Waals surface area (Å²) in [4.78, 5) is 16.1. The third-order valence-corrected chi connectivity index (χ3v) is 4.22. The topological polar surface area (TPSA) is 102 Å². The lowest BCUT2D eigenvalue weighted by molar-refractivity contribution is 0.145. The molecule has 1 saturated heterocycles. The van der Waals surface area contributed by atoms with E-state index in [1.807, 2.05) is 25.1 Å². The van der Waals surface area contributed by atoms with E-state index in [0.717, 1.165) is 29.7 Å². The molecule has 1 aromatic rings. The van der Waals surface area contributed by atoms with Gasteiger partial charge in [-0.05, 0) is 48.6 Å². The fourth-order valence-electron chi connectivity index (χ4n) is 2.87. The van der Waals surface area contributed by atoms with E-state index in [0.29, 0.717) is 6.54 Å². The van der Waals surface area contributed by atoms with Gasteiger partial charge in [-0.3, -0.25) is 4.90 Å². The van der Waals surface area contributed by atoms with Crippen molar-refractivity contribution in [3.63, 3.8) is 0 Å². The molecule has 0 unspecified atom stereocenters. The zero-order chi connectivity index (χ0) is 15.7. The van der Waals surface area contributed by atoms with E-state index in [9.17, 15) is 10.1 Å². The Morgan fingerprint density at radius 3 is 2.95 bits per heavy atom. The van der Waals surface area contributed by atoms with Crippen LogP contribution < -0.4 is 4.90 Å². The van der Waals surface area contributed by atoms with E-state index in [1.165, 1.54) is 4.90 Å². The predicted octanol–water partition coefficient (Wildman–Crippen LogP) is 3.19. The summed E-state index contributed by atoms with van der Waals surface area (Å²) in [6, 6.07) is 8.06. The molecule has 0 aromatic heterocycles. The SMILES string of the molecule is Cc1cc(N2C[C@H](CN=[N+]=[N-])OC2=O)ccc1C1(C#N)CC1. The Bertz CT molecular complexity index is 713. The Labute approximate surface area is 127 Å². The third-order valence-electron chi connectivity index (χ3n) is 4.22. The van der Waals surface area contributed by atoms with Gasteiger partial charge in [0.25, 0.3) is 0 Å². The van der Waals surface area contributed by atoms with Gasteiger partial charge in [-0.25, -0.2) is 4.79 Å². The molecule has 0 N–H and O–H groups in total. The fraction of sp³-hybridized carbons (Fsp3) is 0.467. The number of ether oxygens (including phenoxy) is 1. The zero-order valence-electron chi connectivity index (χ0n) is 12.2. The van der Waals surface area contributed by atoms with E-state index in [2.05, 4.69) is 16.1 Å². The zero-order valence-corrected chi connectivity index (χ0v) is 12.2. The molecule has 1 amide bonds. The van der Waals surface area contributed by atoms with Crippen molar-refractivity contribution in [3.8, 4) is 6.07 Å². The average Bonchev–Trinajstić information content (AvgIpc) is 3.22. The first-order valence-electron chi connectivity index (χ1n) is 7.11. The lowest BCUT2D eigenvalue weighted by atomic mass is 9.93. The van der Waals surface area contributed by atoms with Gasteiger partial charge in [-0.2, -0.15) is 5.26 Å². The highest BCUT2D eigenvalue weighted by atomic mass is 16.6. The molecule has 1 atom stereocenters. The summed E-state index contributed by atoms with van der Waals surface area (Å²) in [7, 11) is 0. The van der Waals surface area contributed by atoms with Crippen LogP contribution in [0.5, 0.6) is 0 Å². The van der Waals surface area contributed by atoms with Crippen LogP contribution in [0.25, 0.3) is 10.4 Å². The monoisotopic (exact) mass is 297 g/mol. The number of hydrogen-bond acceptors (Lipinski definition) is 4. The molecule has 1 aliphatic heterocycles. The van der Waals surface area contributed by atoms with Crippen LogP contribution in [0.2, 0.25) is 0 Å². The highest BCUT2D eigenvalue weighted by Crippen LogP contribution is 2.49. The van der Waals surface area contributed by atoms with Crippen molar-refractivity contribution in [2.45, 2.75) is 31.3 Å². The number of cyclic esters (lactones) is 1. The molecule has 0 radical (unpaired) electrons. The van der Waals surface area contributed by atoms with Crippen LogP contribution in [0.1, 0.15) is 24.0 Å². The molecule has 22 heavy (non-hydrogen) atoms. The maximum absolute atomic E-state index is 11.9. The minimum absolute atomic E-state index is 0.132. The van der Waals surface area contributed by atoms with Crippen molar-refractivity contribution in [2.75, 3.05) is 18.0 Å². The number of rotatable bonds is 4. The van der Waals surface area contributed by atoms with Crippen molar-refractivity contribution < 1.29 is 9.53 Å². The number of carbonyl (C=O) groups excluding carboxylic acids is 1. The normalized spacial score (nSPS) is 21.7. The summed E-state index contributed by atoms with van der Waals surface area (Å²) in [5, 5.41) is 12.7. The number of amides is 1. The fourth-order valence-corrected chi connectivity index (χ4v) is 2.87. The molecule has 2 aliphatic rings. The largest absolute Gasteiger partial charge is 0.444 e. The van der Waals surface area contributed by atoms with Gasteiger partial charge in [0.1, 0.15) is 6.10 Å². The van der Waals surface area contributed by atoms with Gasteiger partial charge < -0.3 is 4.74 Å². The Hall–Kier alpha value is -2.71. The number of aryl methyl sites for hydroxylation is 1. The second-order valence-electron chi connectivity index (χ2n) is 5.72. The van der Waals surface area contributed by atoms with Crippen molar-refractivity contribution >= 4 is 11.8 Å². The first-order chi connectivity index (χ1) is 10.6. The molecule has 7 nitrogen and oxygen atoms in total. The van der Waals surface area contributed by atoms with Gasteiger partial charge in [0.15, 0.2) is 0 Å². The molecule has 7 heteroatoms. The number of azide groups is 1. The van der Waals surface area contributed by atoms with E-state index in [1.54, 1.807) is 0 Å². The number of benzene rings is 1. The first-order valence-corrected chi connectivity index (χ1v) is 7.11. The van der Waals surface area contributed by atoms with E-state index in [4.69, 9.17) is 10.3 Å². The van der Waals surface area contributed by atoms with E-state index >= 15 is 0 Å². The van der Waals surface area contributed by atoms with Gasteiger partial charge in [0.2, 0.25) is 0 Å². The van der Waals surface area contributed by atoms with Gasteiger partial charge in [0, 0.05) is 10.6 Å². The Morgan fingerprint density at radius 2 is 2.36 bits per heavy atom. The van der Waals surface area contributed by atoms with Gasteiger partial charge in [0.05, 0.1) is 24.6 Å².